The third-order valence-electron chi connectivity index (χ3n) is 2.97. The number of carbonyl (C=O) groups is 3. The van der Waals surface area contributed by atoms with Gasteiger partial charge in [-0.25, -0.2) is 9.59 Å². The first-order chi connectivity index (χ1) is 7.84. The van der Waals surface area contributed by atoms with Gasteiger partial charge in [-0.05, 0) is 19.3 Å². The second-order valence-corrected chi connectivity index (χ2v) is 4.31. The molecule has 7 nitrogen and oxygen atoms in total. The standard InChI is InChI=1S/C10H17N3O4/c1-5-3-4-13(7(5)9(15)16)8(14)6(2)12-10(11)17/h5-7H,3-4H2,1-2H3,(H,15,16)(H3,11,12,17). The van der Waals surface area contributed by atoms with Gasteiger partial charge in [-0.15, -0.1) is 0 Å². The highest BCUT2D eigenvalue weighted by Gasteiger charge is 2.40. The topological polar surface area (TPSA) is 113 Å². The van der Waals surface area contributed by atoms with Crippen molar-refractivity contribution in [2.24, 2.45) is 11.7 Å². The van der Waals surface area contributed by atoms with Crippen LogP contribution in [0.25, 0.3) is 0 Å². The molecule has 0 aromatic heterocycles. The van der Waals surface area contributed by atoms with E-state index in [0.717, 1.165) is 0 Å². The highest BCUT2D eigenvalue weighted by atomic mass is 16.4. The molecule has 1 rings (SSSR count). The van der Waals surface area contributed by atoms with E-state index >= 15 is 0 Å². The molecule has 3 atom stereocenters. The van der Waals surface area contributed by atoms with E-state index in [1.807, 2.05) is 0 Å². The number of carboxylic acid groups (broad SMARTS) is 1. The molecular formula is C10H17N3O4. The molecule has 0 radical (unpaired) electrons. The van der Waals surface area contributed by atoms with Gasteiger partial charge >= 0.3 is 12.0 Å². The summed E-state index contributed by atoms with van der Waals surface area (Å²) in [6, 6.07) is -2.43. The van der Waals surface area contributed by atoms with Crippen molar-refractivity contribution in [1.82, 2.24) is 10.2 Å². The summed E-state index contributed by atoms with van der Waals surface area (Å²) in [5.74, 6) is -1.52. The number of nitrogens with zero attached hydrogens (tertiary/aromatic N) is 1. The van der Waals surface area contributed by atoms with Gasteiger partial charge in [-0.3, -0.25) is 4.79 Å². The molecule has 1 heterocycles. The Labute approximate surface area is 98.9 Å². The average Bonchev–Trinajstić information content (AvgIpc) is 2.57. The molecule has 1 aliphatic heterocycles. The van der Waals surface area contributed by atoms with Crippen LogP contribution in [0.5, 0.6) is 0 Å². The number of urea groups is 1. The van der Waals surface area contributed by atoms with Crippen LogP contribution in [0.4, 0.5) is 4.79 Å². The van der Waals surface area contributed by atoms with Gasteiger partial charge < -0.3 is 21.1 Å². The van der Waals surface area contributed by atoms with E-state index in [1.54, 1.807) is 6.92 Å². The summed E-state index contributed by atoms with van der Waals surface area (Å²) < 4.78 is 0. The van der Waals surface area contributed by atoms with Crippen molar-refractivity contribution in [3.63, 3.8) is 0 Å². The van der Waals surface area contributed by atoms with Crippen LogP contribution in [-0.2, 0) is 9.59 Å². The van der Waals surface area contributed by atoms with Crippen molar-refractivity contribution >= 4 is 17.9 Å². The Bertz CT molecular complexity index is 344. The van der Waals surface area contributed by atoms with Gasteiger partial charge in [0, 0.05) is 6.54 Å². The lowest BCUT2D eigenvalue weighted by Gasteiger charge is -2.26. The van der Waals surface area contributed by atoms with Gasteiger partial charge in [0.05, 0.1) is 0 Å². The van der Waals surface area contributed by atoms with Crippen LogP contribution in [0.15, 0.2) is 0 Å². The molecule has 17 heavy (non-hydrogen) atoms. The van der Waals surface area contributed by atoms with Crippen LogP contribution in [0.3, 0.4) is 0 Å². The van der Waals surface area contributed by atoms with Crippen molar-refractivity contribution in [2.75, 3.05) is 6.54 Å². The molecule has 1 fully saturated rings. The van der Waals surface area contributed by atoms with Gasteiger partial charge in [0.1, 0.15) is 12.1 Å². The third kappa shape index (κ3) is 2.86. The van der Waals surface area contributed by atoms with E-state index in [9.17, 15) is 14.4 Å². The zero-order chi connectivity index (χ0) is 13.2. The van der Waals surface area contributed by atoms with Crippen molar-refractivity contribution in [3.05, 3.63) is 0 Å². The number of rotatable bonds is 3. The van der Waals surface area contributed by atoms with Crippen molar-refractivity contribution < 1.29 is 19.5 Å². The van der Waals surface area contributed by atoms with Gasteiger partial charge in [0.25, 0.3) is 0 Å². The van der Waals surface area contributed by atoms with E-state index in [-0.39, 0.29) is 5.92 Å². The van der Waals surface area contributed by atoms with Crippen LogP contribution < -0.4 is 11.1 Å². The number of amides is 3. The predicted molar refractivity (Wildman–Crippen MR) is 59.1 cm³/mol. The fraction of sp³-hybridized carbons (Fsp3) is 0.700. The summed E-state index contributed by atoms with van der Waals surface area (Å²) >= 11 is 0. The van der Waals surface area contributed by atoms with E-state index in [0.29, 0.717) is 13.0 Å². The summed E-state index contributed by atoms with van der Waals surface area (Å²) in [6.45, 7) is 3.66. The maximum Gasteiger partial charge on any atom is 0.326 e. The van der Waals surface area contributed by atoms with Gasteiger partial charge in [-0.1, -0.05) is 6.92 Å². The first-order valence-electron chi connectivity index (χ1n) is 5.43. The number of hydrogen-bond acceptors (Lipinski definition) is 3. The minimum Gasteiger partial charge on any atom is -0.480 e. The van der Waals surface area contributed by atoms with Crippen LogP contribution in [0.2, 0.25) is 0 Å². The molecular weight excluding hydrogens is 226 g/mol. The molecule has 7 heteroatoms. The molecule has 0 spiro atoms. The molecule has 0 aliphatic carbocycles. The predicted octanol–water partition coefficient (Wildman–Crippen LogP) is -0.635. The molecule has 3 unspecified atom stereocenters. The van der Waals surface area contributed by atoms with Crippen molar-refractivity contribution in [1.29, 1.82) is 0 Å². The molecule has 0 saturated carbocycles. The Kier molecular flexibility index (Phi) is 3.93. The number of nitrogens with one attached hydrogen (secondary N) is 1. The average molecular weight is 243 g/mol. The second kappa shape index (κ2) is 5.03. The normalized spacial score (nSPS) is 25.4. The summed E-state index contributed by atoms with van der Waals surface area (Å²) in [4.78, 5) is 34.9. The monoisotopic (exact) mass is 243 g/mol. The third-order valence-corrected chi connectivity index (χ3v) is 2.97. The van der Waals surface area contributed by atoms with E-state index < -0.39 is 30.0 Å². The van der Waals surface area contributed by atoms with Crippen molar-refractivity contribution in [3.8, 4) is 0 Å². The number of carboxylic acids is 1. The number of hydrogen-bond donors (Lipinski definition) is 3. The Morgan fingerprint density at radius 2 is 2.06 bits per heavy atom. The fourth-order valence-corrected chi connectivity index (χ4v) is 2.09. The number of carbonyl (C=O) groups excluding carboxylic acids is 2. The van der Waals surface area contributed by atoms with Gasteiger partial charge in [-0.2, -0.15) is 0 Å². The number of likely N-dealkylation sites (tertiary alicyclic amines) is 1. The van der Waals surface area contributed by atoms with Gasteiger partial charge in [0.2, 0.25) is 5.91 Å². The molecule has 1 aliphatic rings. The first-order valence-corrected chi connectivity index (χ1v) is 5.43. The first kappa shape index (κ1) is 13.3. The Morgan fingerprint density at radius 1 is 1.47 bits per heavy atom. The maximum atomic E-state index is 11.9. The largest absolute Gasteiger partial charge is 0.480 e. The number of aliphatic carboxylic acids is 1. The molecule has 0 aromatic carbocycles. The lowest BCUT2D eigenvalue weighted by Crippen LogP contribution is -2.52. The quantitative estimate of drug-likeness (QED) is 0.612. The molecule has 1 saturated heterocycles. The zero-order valence-electron chi connectivity index (χ0n) is 9.84. The van der Waals surface area contributed by atoms with E-state index in [1.165, 1.54) is 11.8 Å². The maximum absolute atomic E-state index is 11.9. The number of nitrogens with two attached hydrogens (primary N) is 1. The fourth-order valence-electron chi connectivity index (χ4n) is 2.09. The summed E-state index contributed by atoms with van der Waals surface area (Å²) in [7, 11) is 0. The van der Waals surface area contributed by atoms with Crippen LogP contribution in [0, 0.1) is 5.92 Å². The summed E-state index contributed by atoms with van der Waals surface area (Å²) in [6.07, 6.45) is 0.645. The lowest BCUT2D eigenvalue weighted by atomic mass is 10.0. The van der Waals surface area contributed by atoms with Crippen molar-refractivity contribution in [2.45, 2.75) is 32.4 Å². The Balaban J connectivity index is 2.75. The Hall–Kier alpha value is -1.79. The van der Waals surface area contributed by atoms with Crippen LogP contribution in [0.1, 0.15) is 20.3 Å². The minimum absolute atomic E-state index is 0.0859. The molecule has 0 aromatic rings. The molecule has 0 bridgehead atoms. The van der Waals surface area contributed by atoms with Crippen LogP contribution in [-0.4, -0.2) is 46.5 Å². The zero-order valence-corrected chi connectivity index (χ0v) is 9.84. The summed E-state index contributed by atoms with van der Waals surface area (Å²) in [5.41, 5.74) is 4.91. The van der Waals surface area contributed by atoms with Crippen LogP contribution >= 0.6 is 0 Å². The smallest absolute Gasteiger partial charge is 0.326 e. The minimum atomic E-state index is -1.02. The Morgan fingerprint density at radius 3 is 2.53 bits per heavy atom. The van der Waals surface area contributed by atoms with Gasteiger partial charge in [0.15, 0.2) is 0 Å². The van der Waals surface area contributed by atoms with E-state index in [4.69, 9.17) is 10.8 Å². The molecule has 96 valence electrons. The molecule has 3 amide bonds. The van der Waals surface area contributed by atoms with E-state index in [2.05, 4.69) is 5.32 Å². The number of primary amides is 1. The highest BCUT2D eigenvalue weighted by Crippen LogP contribution is 2.24. The lowest BCUT2D eigenvalue weighted by molar-refractivity contribution is -0.149. The second-order valence-electron chi connectivity index (χ2n) is 4.31. The highest BCUT2D eigenvalue weighted by molar-refractivity contribution is 5.90. The summed E-state index contributed by atoms with van der Waals surface area (Å²) in [5, 5.41) is 11.3. The molecule has 4 N–H and O–H groups in total. The SMILES string of the molecule is CC(NC(N)=O)C(=O)N1CCC(C)C1C(=O)O.